The minimum Gasteiger partial charge on any atom is -0.356 e. The smallest absolute Gasteiger partial charge is 0.356 e. The molecule has 1 aromatic heterocycles. The van der Waals surface area contributed by atoms with Gasteiger partial charge in [-0.25, -0.2) is 0 Å². The number of halogens is 6. The first-order valence-corrected chi connectivity index (χ1v) is 10.8. The Morgan fingerprint density at radius 1 is 1.06 bits per heavy atom. The Kier molecular flexibility index (Phi) is 8.29. The van der Waals surface area contributed by atoms with Gasteiger partial charge in [-0.1, -0.05) is 39.3 Å². The number of nitrogens with zero attached hydrogens (tertiary/aromatic N) is 4. The van der Waals surface area contributed by atoms with Crippen molar-refractivity contribution in [3.63, 3.8) is 0 Å². The molecule has 1 amide bonds. The summed E-state index contributed by atoms with van der Waals surface area (Å²) >= 11 is 0. The van der Waals surface area contributed by atoms with E-state index in [2.05, 4.69) is 10.1 Å². The molecule has 0 atom stereocenters. The van der Waals surface area contributed by atoms with Crippen molar-refractivity contribution in [2.24, 2.45) is 17.2 Å². The van der Waals surface area contributed by atoms with E-state index in [1.54, 1.807) is 17.8 Å². The van der Waals surface area contributed by atoms with Gasteiger partial charge in [0.1, 0.15) is 0 Å². The lowest BCUT2D eigenvalue weighted by atomic mass is 9.92. The number of hydrogen-bond donors (Lipinski definition) is 0. The van der Waals surface area contributed by atoms with Gasteiger partial charge in [-0.05, 0) is 31.5 Å². The number of unbranched alkanes of at least 4 members (excludes halogenated alkanes) is 1. The molecular formula is C23H28F6N4O2. The molecule has 194 valence electrons. The van der Waals surface area contributed by atoms with Gasteiger partial charge in [0.05, 0.1) is 11.1 Å². The molecule has 0 spiro atoms. The fraction of sp³-hybridized carbons (Fsp3) is 0.522. The second kappa shape index (κ2) is 10.3. The van der Waals surface area contributed by atoms with E-state index in [0.717, 1.165) is 24.6 Å². The van der Waals surface area contributed by atoms with Gasteiger partial charge in [-0.3, -0.25) is 14.2 Å². The summed E-state index contributed by atoms with van der Waals surface area (Å²) in [5.41, 5.74) is -2.51. The summed E-state index contributed by atoms with van der Waals surface area (Å²) in [6.07, 6.45) is -8.00. The van der Waals surface area contributed by atoms with E-state index < -0.39 is 40.8 Å². The minimum absolute atomic E-state index is 0.203. The highest BCUT2D eigenvalue weighted by atomic mass is 19.4. The summed E-state index contributed by atoms with van der Waals surface area (Å²) in [6, 6.07) is 3.49. The first-order valence-electron chi connectivity index (χ1n) is 10.8. The van der Waals surface area contributed by atoms with Crippen LogP contribution in [0.5, 0.6) is 5.75 Å². The Bertz CT molecular complexity index is 1160. The maximum Gasteiger partial charge on any atom is 0.432 e. The number of carbonyl (C=O) groups excluding carboxylic acids is 1. The Balaban J connectivity index is 2.67. The van der Waals surface area contributed by atoms with Crippen LogP contribution < -0.4 is 10.3 Å². The van der Waals surface area contributed by atoms with E-state index in [1.165, 1.54) is 0 Å². The third kappa shape index (κ3) is 6.98. The lowest BCUT2D eigenvalue weighted by Crippen LogP contribution is -2.25. The molecule has 0 radical (unpaired) electrons. The van der Waals surface area contributed by atoms with Crippen molar-refractivity contribution in [1.29, 1.82) is 0 Å². The molecule has 1 aromatic carbocycles. The topological polar surface area (TPSA) is 60.9 Å². The van der Waals surface area contributed by atoms with Crippen molar-refractivity contribution in [2.45, 2.75) is 71.8 Å². The van der Waals surface area contributed by atoms with Crippen LogP contribution in [0.4, 0.5) is 26.3 Å². The molecule has 0 saturated heterocycles. The molecule has 0 N–H and O–H groups in total. The van der Waals surface area contributed by atoms with Crippen LogP contribution >= 0.6 is 0 Å². The van der Waals surface area contributed by atoms with Crippen molar-refractivity contribution in [2.75, 3.05) is 0 Å². The number of hydrogen-bond acceptors (Lipinski definition) is 3. The highest BCUT2D eigenvalue weighted by Crippen LogP contribution is 2.33. The Morgan fingerprint density at radius 3 is 2.20 bits per heavy atom. The zero-order chi connectivity index (χ0) is 26.8. The molecule has 0 unspecified atom stereocenters. The molecule has 0 fully saturated rings. The highest BCUT2D eigenvalue weighted by Gasteiger charge is 2.34. The molecule has 1 heterocycles. The molecule has 35 heavy (non-hydrogen) atoms. The molecule has 0 aliphatic heterocycles. The summed E-state index contributed by atoms with van der Waals surface area (Å²) in [5, 5.41) is 2.92. The van der Waals surface area contributed by atoms with Crippen LogP contribution in [0, 0.1) is 0 Å². The minimum atomic E-state index is -4.81. The normalized spacial score (nSPS) is 13.9. The van der Waals surface area contributed by atoms with Gasteiger partial charge in [0, 0.05) is 30.8 Å². The molecule has 12 heteroatoms. The molecule has 6 nitrogen and oxygen atoms in total. The third-order valence-electron chi connectivity index (χ3n) is 5.18. The van der Waals surface area contributed by atoms with Crippen molar-refractivity contribution in [1.82, 2.24) is 9.36 Å². The largest absolute Gasteiger partial charge is 0.432 e. The average molecular weight is 506 g/mol. The SMILES string of the molecule is CCCCn1c(=NC(=O)c2cc(C(F)(F)F)ccc2O/N=C(\C)C(F)(F)F)cc(C(C)(C)C)n1C. The Morgan fingerprint density at radius 2 is 1.69 bits per heavy atom. The number of rotatable bonds is 6. The van der Waals surface area contributed by atoms with Crippen LogP contribution in [0.25, 0.3) is 0 Å². The number of alkyl halides is 6. The number of aromatic nitrogens is 2. The standard InChI is InChI=1S/C23H28F6N4O2/c1-7-8-11-33-19(13-18(32(33)6)21(3,4)5)30-20(34)16-12-15(23(27,28)29)9-10-17(16)35-31-14(2)22(24,25)26/h9-10,12-13H,7-8,11H2,1-6H3/b30-19?,31-14+. The van der Waals surface area contributed by atoms with E-state index in [1.807, 2.05) is 32.4 Å². The van der Waals surface area contributed by atoms with Crippen LogP contribution in [0.3, 0.4) is 0 Å². The Labute approximate surface area is 198 Å². The zero-order valence-corrected chi connectivity index (χ0v) is 20.3. The fourth-order valence-corrected chi connectivity index (χ4v) is 3.22. The molecule has 0 bridgehead atoms. The predicted molar refractivity (Wildman–Crippen MR) is 118 cm³/mol. The van der Waals surface area contributed by atoms with Gasteiger partial charge in [0.2, 0.25) is 0 Å². The van der Waals surface area contributed by atoms with Crippen molar-refractivity contribution in [3.05, 3.63) is 46.6 Å². The van der Waals surface area contributed by atoms with Crippen molar-refractivity contribution in [3.8, 4) is 5.75 Å². The lowest BCUT2D eigenvalue weighted by Gasteiger charge is -2.20. The summed E-state index contributed by atoms with van der Waals surface area (Å²) < 4.78 is 81.7. The predicted octanol–water partition coefficient (Wildman–Crippen LogP) is 6.00. The van der Waals surface area contributed by atoms with E-state index >= 15 is 0 Å². The van der Waals surface area contributed by atoms with Crippen LogP contribution in [0.15, 0.2) is 34.4 Å². The second-order valence-electron chi connectivity index (χ2n) is 9.03. The van der Waals surface area contributed by atoms with E-state index in [0.29, 0.717) is 25.6 Å². The first-order chi connectivity index (χ1) is 16.0. The number of benzene rings is 1. The zero-order valence-electron chi connectivity index (χ0n) is 20.3. The van der Waals surface area contributed by atoms with Gasteiger partial charge < -0.3 is 4.84 Å². The summed E-state index contributed by atoms with van der Waals surface area (Å²) in [7, 11) is 1.78. The highest BCUT2D eigenvalue weighted by molar-refractivity contribution is 5.98. The van der Waals surface area contributed by atoms with Crippen LogP contribution in [0.2, 0.25) is 0 Å². The molecule has 0 aliphatic carbocycles. The van der Waals surface area contributed by atoms with E-state index in [4.69, 9.17) is 4.84 Å². The van der Waals surface area contributed by atoms with Crippen molar-refractivity contribution >= 4 is 11.6 Å². The number of carbonyl (C=O) groups is 1. The third-order valence-corrected chi connectivity index (χ3v) is 5.18. The molecule has 0 saturated carbocycles. The molecule has 2 rings (SSSR count). The fourth-order valence-electron chi connectivity index (χ4n) is 3.22. The van der Waals surface area contributed by atoms with Crippen molar-refractivity contribution < 1.29 is 36.0 Å². The Hall–Kier alpha value is -3.05. The molecular weight excluding hydrogens is 478 g/mol. The molecule has 2 aromatic rings. The van der Waals surface area contributed by atoms with Gasteiger partial charge in [-0.15, -0.1) is 0 Å². The summed E-state index contributed by atoms with van der Waals surface area (Å²) in [5.74, 6) is -1.69. The molecule has 0 aliphatic rings. The second-order valence-corrected chi connectivity index (χ2v) is 9.03. The van der Waals surface area contributed by atoms with Crippen LogP contribution in [0.1, 0.15) is 69.1 Å². The van der Waals surface area contributed by atoms with Crippen LogP contribution in [-0.4, -0.2) is 27.2 Å². The van der Waals surface area contributed by atoms with Gasteiger partial charge in [0.25, 0.3) is 5.91 Å². The van der Waals surface area contributed by atoms with E-state index in [9.17, 15) is 31.1 Å². The monoisotopic (exact) mass is 506 g/mol. The van der Waals surface area contributed by atoms with Gasteiger partial charge in [0.15, 0.2) is 16.9 Å². The van der Waals surface area contributed by atoms with E-state index in [-0.39, 0.29) is 10.9 Å². The maximum absolute atomic E-state index is 13.3. The quantitative estimate of drug-likeness (QED) is 0.274. The average Bonchev–Trinajstić information content (AvgIpc) is 3.04. The first kappa shape index (κ1) is 28.2. The summed E-state index contributed by atoms with van der Waals surface area (Å²) in [4.78, 5) is 21.8. The number of oxime groups is 1. The lowest BCUT2D eigenvalue weighted by molar-refractivity contribution is -0.137. The maximum atomic E-state index is 13.3. The van der Waals surface area contributed by atoms with Crippen LogP contribution in [-0.2, 0) is 25.2 Å². The summed E-state index contributed by atoms with van der Waals surface area (Å²) in [6.45, 7) is 8.97. The number of amides is 1. The van der Waals surface area contributed by atoms with Gasteiger partial charge >= 0.3 is 12.4 Å². The van der Waals surface area contributed by atoms with Gasteiger partial charge in [-0.2, -0.15) is 31.3 Å².